The minimum atomic E-state index is -0.519. The molecule has 0 aliphatic rings. The van der Waals surface area contributed by atoms with Gasteiger partial charge in [-0.2, -0.15) is 0 Å². The Hall–Kier alpha value is -1.71. The summed E-state index contributed by atoms with van der Waals surface area (Å²) in [6.45, 7) is 11.5. The number of benzene rings is 1. The van der Waals surface area contributed by atoms with E-state index in [9.17, 15) is 4.79 Å². The highest BCUT2D eigenvalue weighted by molar-refractivity contribution is 5.89. The number of nitrogens with zero attached hydrogens (tertiary/aromatic N) is 1. The van der Waals surface area contributed by atoms with Crippen molar-refractivity contribution in [1.82, 2.24) is 0 Å². The van der Waals surface area contributed by atoms with Crippen molar-refractivity contribution in [3.8, 4) is 0 Å². The second-order valence-corrected chi connectivity index (χ2v) is 6.58. The molecule has 1 aromatic carbocycles. The van der Waals surface area contributed by atoms with Crippen molar-refractivity contribution < 1.29 is 9.53 Å². The van der Waals surface area contributed by atoms with Gasteiger partial charge in [0.1, 0.15) is 5.60 Å². The molecule has 2 N–H and O–H groups in total. The Morgan fingerprint density at radius 1 is 1.05 bits per heavy atom. The van der Waals surface area contributed by atoms with Gasteiger partial charge in [-0.05, 0) is 65.8 Å². The van der Waals surface area contributed by atoms with Crippen LogP contribution >= 0.6 is 0 Å². The average molecular weight is 264 g/mol. The van der Waals surface area contributed by atoms with Gasteiger partial charge in [0.2, 0.25) is 0 Å². The molecule has 0 aliphatic heterocycles. The molecular formula is C15H24N2O2. The summed E-state index contributed by atoms with van der Waals surface area (Å²) in [5.41, 5.74) is 6.23. The molecular weight excluding hydrogens is 240 g/mol. The molecule has 19 heavy (non-hydrogen) atoms. The maximum atomic E-state index is 12.4. The minimum Gasteiger partial charge on any atom is -0.443 e. The average Bonchev–Trinajstić information content (AvgIpc) is 2.16. The predicted octanol–water partition coefficient (Wildman–Crippen LogP) is 3.81. The molecule has 4 heteroatoms. The third-order valence-corrected chi connectivity index (χ3v) is 2.40. The Morgan fingerprint density at radius 2 is 1.53 bits per heavy atom. The van der Waals surface area contributed by atoms with E-state index in [1.807, 2.05) is 53.7 Å². The van der Waals surface area contributed by atoms with Crippen LogP contribution in [0.2, 0.25) is 0 Å². The lowest BCUT2D eigenvalue weighted by Crippen LogP contribution is -2.48. The topological polar surface area (TPSA) is 55.6 Å². The summed E-state index contributed by atoms with van der Waals surface area (Å²) in [5, 5.41) is 0. The fourth-order valence-corrected chi connectivity index (χ4v) is 1.70. The molecule has 4 nitrogen and oxygen atoms in total. The van der Waals surface area contributed by atoms with Crippen molar-refractivity contribution in [1.29, 1.82) is 0 Å². The van der Waals surface area contributed by atoms with E-state index in [1.54, 1.807) is 17.0 Å². The summed E-state index contributed by atoms with van der Waals surface area (Å²) < 4.78 is 5.47. The van der Waals surface area contributed by atoms with E-state index >= 15 is 0 Å². The van der Waals surface area contributed by atoms with Crippen molar-refractivity contribution in [2.75, 3.05) is 10.6 Å². The Balaban J connectivity index is 3.09. The van der Waals surface area contributed by atoms with Crippen molar-refractivity contribution >= 4 is 17.5 Å². The van der Waals surface area contributed by atoms with Crippen LogP contribution in [0.3, 0.4) is 0 Å². The van der Waals surface area contributed by atoms with Gasteiger partial charge in [0.05, 0.1) is 0 Å². The smallest absolute Gasteiger partial charge is 0.415 e. The van der Waals surface area contributed by atoms with Gasteiger partial charge in [0, 0.05) is 16.9 Å². The van der Waals surface area contributed by atoms with Gasteiger partial charge >= 0.3 is 6.09 Å². The van der Waals surface area contributed by atoms with E-state index in [2.05, 4.69) is 0 Å². The number of hydrogen-bond donors (Lipinski definition) is 1. The van der Waals surface area contributed by atoms with Crippen LogP contribution in [0.15, 0.2) is 24.3 Å². The lowest BCUT2D eigenvalue weighted by atomic mass is 10.1. The van der Waals surface area contributed by atoms with Gasteiger partial charge in [0.15, 0.2) is 0 Å². The van der Waals surface area contributed by atoms with Gasteiger partial charge < -0.3 is 10.5 Å². The summed E-state index contributed by atoms with van der Waals surface area (Å²) in [6.07, 6.45) is -0.357. The molecule has 0 aromatic heterocycles. The van der Waals surface area contributed by atoms with Crippen molar-refractivity contribution in [3.05, 3.63) is 24.3 Å². The first-order valence-corrected chi connectivity index (χ1v) is 6.39. The summed E-state index contributed by atoms with van der Waals surface area (Å²) in [7, 11) is 0. The Morgan fingerprint density at radius 3 is 1.89 bits per heavy atom. The van der Waals surface area contributed by atoms with E-state index in [4.69, 9.17) is 10.5 Å². The third-order valence-electron chi connectivity index (χ3n) is 2.40. The highest BCUT2D eigenvalue weighted by Gasteiger charge is 2.31. The van der Waals surface area contributed by atoms with Crippen LogP contribution in [0, 0.1) is 0 Å². The van der Waals surface area contributed by atoms with Gasteiger partial charge in [-0.25, -0.2) is 4.79 Å². The molecule has 106 valence electrons. The fourth-order valence-electron chi connectivity index (χ4n) is 1.70. The van der Waals surface area contributed by atoms with E-state index < -0.39 is 5.60 Å². The van der Waals surface area contributed by atoms with Crippen LogP contribution in [0.25, 0.3) is 0 Å². The van der Waals surface area contributed by atoms with Gasteiger partial charge in [-0.15, -0.1) is 0 Å². The second-order valence-electron chi connectivity index (χ2n) is 6.58. The lowest BCUT2D eigenvalue weighted by Gasteiger charge is -2.36. The molecule has 0 saturated heterocycles. The van der Waals surface area contributed by atoms with Crippen molar-refractivity contribution in [2.45, 2.75) is 52.7 Å². The summed E-state index contributed by atoms with van der Waals surface area (Å²) in [4.78, 5) is 14.0. The Labute approximate surface area is 115 Å². The molecule has 1 amide bonds. The Kier molecular flexibility index (Phi) is 4.13. The normalized spacial score (nSPS) is 12.1. The number of carbonyl (C=O) groups excluding carboxylic acids is 1. The number of ether oxygens (including phenoxy) is 1. The van der Waals surface area contributed by atoms with Gasteiger partial charge in [-0.3, -0.25) is 4.90 Å². The van der Waals surface area contributed by atoms with Crippen LogP contribution in [-0.4, -0.2) is 17.2 Å². The van der Waals surface area contributed by atoms with E-state index in [-0.39, 0.29) is 11.6 Å². The first-order valence-electron chi connectivity index (χ1n) is 6.39. The minimum absolute atomic E-state index is 0.357. The van der Waals surface area contributed by atoms with Crippen LogP contribution in [0.4, 0.5) is 16.2 Å². The molecule has 0 bridgehead atoms. The molecule has 0 atom stereocenters. The maximum Gasteiger partial charge on any atom is 0.415 e. The Bertz CT molecular complexity index is 439. The van der Waals surface area contributed by atoms with E-state index in [0.717, 1.165) is 5.69 Å². The molecule has 0 unspecified atom stereocenters. The monoisotopic (exact) mass is 264 g/mol. The first-order chi connectivity index (χ1) is 8.50. The predicted molar refractivity (Wildman–Crippen MR) is 79.3 cm³/mol. The zero-order valence-corrected chi connectivity index (χ0v) is 12.7. The molecule has 0 saturated carbocycles. The summed E-state index contributed by atoms with van der Waals surface area (Å²) in [6, 6.07) is 7.20. The molecule has 0 heterocycles. The number of amides is 1. The molecule has 0 radical (unpaired) electrons. The summed E-state index contributed by atoms with van der Waals surface area (Å²) in [5.74, 6) is 0. The number of carbonyl (C=O) groups is 1. The highest BCUT2D eigenvalue weighted by atomic mass is 16.6. The van der Waals surface area contributed by atoms with Gasteiger partial charge in [0.25, 0.3) is 0 Å². The standard InChI is InChI=1S/C15H24N2O2/c1-14(2,3)17(13(18)19-15(4,5)6)12-9-7-11(16)8-10-12/h7-10H,16H2,1-6H3. The molecule has 0 fully saturated rings. The van der Waals surface area contributed by atoms with E-state index in [0.29, 0.717) is 5.69 Å². The second kappa shape index (κ2) is 5.11. The number of hydrogen-bond acceptors (Lipinski definition) is 3. The van der Waals surface area contributed by atoms with Crippen LogP contribution in [-0.2, 0) is 4.74 Å². The number of nitrogen functional groups attached to an aromatic ring is 1. The number of rotatable bonds is 1. The third kappa shape index (κ3) is 4.47. The number of nitrogens with two attached hydrogens (primary N) is 1. The fraction of sp³-hybridized carbons (Fsp3) is 0.533. The first kappa shape index (κ1) is 15.3. The van der Waals surface area contributed by atoms with Crippen molar-refractivity contribution in [2.24, 2.45) is 0 Å². The molecule has 1 aromatic rings. The molecule has 0 spiro atoms. The highest BCUT2D eigenvalue weighted by Crippen LogP contribution is 2.27. The van der Waals surface area contributed by atoms with Crippen LogP contribution in [0.1, 0.15) is 41.5 Å². The van der Waals surface area contributed by atoms with E-state index in [1.165, 1.54) is 0 Å². The van der Waals surface area contributed by atoms with Crippen LogP contribution < -0.4 is 10.6 Å². The van der Waals surface area contributed by atoms with Crippen LogP contribution in [0.5, 0.6) is 0 Å². The quantitative estimate of drug-likeness (QED) is 0.785. The summed E-state index contributed by atoms with van der Waals surface area (Å²) >= 11 is 0. The molecule has 0 aliphatic carbocycles. The SMILES string of the molecule is CC(C)(C)OC(=O)N(c1ccc(N)cc1)C(C)(C)C. The lowest BCUT2D eigenvalue weighted by molar-refractivity contribution is 0.0550. The largest absolute Gasteiger partial charge is 0.443 e. The number of anilines is 2. The van der Waals surface area contributed by atoms with Crippen molar-refractivity contribution in [3.63, 3.8) is 0 Å². The zero-order chi connectivity index (χ0) is 14.8. The molecule has 1 rings (SSSR count). The zero-order valence-electron chi connectivity index (χ0n) is 12.7. The maximum absolute atomic E-state index is 12.4. The van der Waals surface area contributed by atoms with Gasteiger partial charge in [-0.1, -0.05) is 0 Å².